The maximum atomic E-state index is 5.65. The summed E-state index contributed by atoms with van der Waals surface area (Å²) < 4.78 is 0. The fourth-order valence-electron chi connectivity index (χ4n) is 1.23. The number of hydrazine groups is 1. The molecule has 1 aromatic heterocycles. The molecule has 0 aliphatic heterocycles. The van der Waals surface area contributed by atoms with Gasteiger partial charge in [0.15, 0.2) is 0 Å². The van der Waals surface area contributed by atoms with Crippen molar-refractivity contribution in [2.45, 2.75) is 12.8 Å². The van der Waals surface area contributed by atoms with E-state index in [-0.39, 0.29) is 0 Å². The largest absolute Gasteiger partial charge is 0.311 e. The van der Waals surface area contributed by atoms with Crippen LogP contribution in [0.15, 0.2) is 29.6 Å². The molecule has 0 aliphatic rings. The maximum absolute atomic E-state index is 5.65. The number of rotatable bonds is 5. The number of aromatic nitrogens is 1. The van der Waals surface area contributed by atoms with E-state index in [0.29, 0.717) is 12.3 Å². The Bertz CT molecular complexity index is 351. The maximum Gasteiger partial charge on any atom is 0.143 e. The lowest BCUT2D eigenvalue weighted by molar-refractivity contribution is 0.644. The number of nitrogens with two attached hydrogens (primary N) is 1. The van der Waals surface area contributed by atoms with Gasteiger partial charge in [-0.1, -0.05) is 18.3 Å². The molecular formula is C10H15N5S. The molecule has 5 nitrogen and oxygen atoms in total. The van der Waals surface area contributed by atoms with E-state index in [2.05, 4.69) is 15.5 Å². The number of nitrogens with one attached hydrogen (secondary N) is 1. The van der Waals surface area contributed by atoms with Crippen LogP contribution in [0.25, 0.3) is 0 Å². The number of hydrazone groups is 1. The number of pyridine rings is 1. The molecule has 86 valence electrons. The van der Waals surface area contributed by atoms with Gasteiger partial charge in [0, 0.05) is 25.9 Å². The average molecular weight is 237 g/mol. The monoisotopic (exact) mass is 237 g/mol. The molecule has 0 atom stereocenters. The zero-order valence-corrected chi connectivity index (χ0v) is 9.94. The van der Waals surface area contributed by atoms with Gasteiger partial charge in [0.25, 0.3) is 0 Å². The van der Waals surface area contributed by atoms with E-state index in [4.69, 9.17) is 18.1 Å². The summed E-state index contributed by atoms with van der Waals surface area (Å²) in [6.45, 7) is 0. The Hall–Kier alpha value is -1.53. The second-order valence-electron chi connectivity index (χ2n) is 3.13. The fraction of sp³-hybridized carbons (Fsp3) is 0.300. The van der Waals surface area contributed by atoms with Crippen LogP contribution in [-0.4, -0.2) is 28.4 Å². The van der Waals surface area contributed by atoms with Crippen molar-refractivity contribution in [2.75, 3.05) is 7.05 Å². The molecule has 1 aromatic rings. The zero-order valence-electron chi connectivity index (χ0n) is 9.13. The highest BCUT2D eigenvalue weighted by atomic mass is 32.1. The van der Waals surface area contributed by atoms with Gasteiger partial charge in [-0.15, -0.1) is 0 Å². The van der Waals surface area contributed by atoms with Crippen molar-refractivity contribution < 1.29 is 0 Å². The van der Waals surface area contributed by atoms with Crippen LogP contribution in [0.4, 0.5) is 0 Å². The molecule has 0 bridgehead atoms. The molecule has 0 saturated heterocycles. The van der Waals surface area contributed by atoms with E-state index in [1.165, 1.54) is 10.5 Å². The van der Waals surface area contributed by atoms with Crippen LogP contribution in [0.3, 0.4) is 0 Å². The van der Waals surface area contributed by atoms with E-state index >= 15 is 0 Å². The van der Waals surface area contributed by atoms with Gasteiger partial charge in [0.05, 0.1) is 5.49 Å². The number of aryl methyl sites for hydroxylation is 1. The van der Waals surface area contributed by atoms with Crippen molar-refractivity contribution in [3.8, 4) is 0 Å². The number of hydrogen-bond donors (Lipinski definition) is 2. The van der Waals surface area contributed by atoms with E-state index in [1.54, 1.807) is 13.2 Å². The summed E-state index contributed by atoms with van der Waals surface area (Å²) in [5.74, 6) is 6.35. The normalized spacial score (nSPS) is 11.0. The molecule has 0 aromatic carbocycles. The second-order valence-corrected chi connectivity index (χ2v) is 3.34. The van der Waals surface area contributed by atoms with Gasteiger partial charge in [-0.2, -0.15) is 5.10 Å². The third-order valence-corrected chi connectivity index (χ3v) is 2.24. The van der Waals surface area contributed by atoms with E-state index in [0.717, 1.165) is 12.0 Å². The van der Waals surface area contributed by atoms with Crippen molar-refractivity contribution in [1.82, 2.24) is 15.4 Å². The first-order valence-corrected chi connectivity index (χ1v) is 5.36. The second kappa shape index (κ2) is 6.86. The minimum absolute atomic E-state index is 0.696. The molecule has 0 radical (unpaired) electrons. The SMILES string of the molecule is CN/N=C(/CCc1cccnc1)N(N)C=S. The Morgan fingerprint density at radius 1 is 1.75 bits per heavy atom. The van der Waals surface area contributed by atoms with Gasteiger partial charge < -0.3 is 5.43 Å². The summed E-state index contributed by atoms with van der Waals surface area (Å²) in [5, 5.41) is 5.39. The van der Waals surface area contributed by atoms with Crippen LogP contribution in [0.5, 0.6) is 0 Å². The summed E-state index contributed by atoms with van der Waals surface area (Å²) in [5.41, 5.74) is 5.21. The van der Waals surface area contributed by atoms with Crippen molar-refractivity contribution in [3.63, 3.8) is 0 Å². The number of amidine groups is 1. The zero-order chi connectivity index (χ0) is 11.8. The van der Waals surface area contributed by atoms with Crippen LogP contribution >= 0.6 is 12.2 Å². The smallest absolute Gasteiger partial charge is 0.143 e. The van der Waals surface area contributed by atoms with E-state index in [9.17, 15) is 0 Å². The van der Waals surface area contributed by atoms with Crippen molar-refractivity contribution in [3.05, 3.63) is 30.1 Å². The third kappa shape index (κ3) is 3.92. The molecule has 16 heavy (non-hydrogen) atoms. The molecule has 0 saturated carbocycles. The standard InChI is InChI=1S/C10H15N5S/c1-12-14-10(15(11)8-16)5-4-9-3-2-6-13-7-9/h2-3,6-8,12H,4-5,11H2,1H3/b14-10-. The molecule has 0 aliphatic carbocycles. The van der Waals surface area contributed by atoms with Gasteiger partial charge >= 0.3 is 0 Å². The van der Waals surface area contributed by atoms with Gasteiger partial charge in [0.2, 0.25) is 0 Å². The molecule has 1 heterocycles. The minimum atomic E-state index is 0.696. The van der Waals surface area contributed by atoms with Crippen LogP contribution in [0.2, 0.25) is 0 Å². The summed E-state index contributed by atoms with van der Waals surface area (Å²) in [4.78, 5) is 4.04. The average Bonchev–Trinajstić information content (AvgIpc) is 2.34. The quantitative estimate of drug-likeness (QED) is 0.259. The Kier molecular flexibility index (Phi) is 5.38. The van der Waals surface area contributed by atoms with Crippen molar-refractivity contribution in [1.29, 1.82) is 0 Å². The molecule has 0 unspecified atom stereocenters. The van der Waals surface area contributed by atoms with Crippen LogP contribution < -0.4 is 11.3 Å². The van der Waals surface area contributed by atoms with Crippen LogP contribution in [-0.2, 0) is 6.42 Å². The minimum Gasteiger partial charge on any atom is -0.311 e. The first-order chi connectivity index (χ1) is 7.77. The first kappa shape index (κ1) is 12.5. The lowest BCUT2D eigenvalue weighted by atomic mass is 10.1. The van der Waals surface area contributed by atoms with E-state index in [1.807, 2.05) is 18.3 Å². The van der Waals surface area contributed by atoms with Gasteiger partial charge in [-0.3, -0.25) is 9.99 Å². The molecule has 0 fully saturated rings. The number of hydrogen-bond acceptors (Lipinski definition) is 5. The highest BCUT2D eigenvalue weighted by Gasteiger charge is 2.05. The Labute approximate surface area is 100 Å². The Morgan fingerprint density at radius 2 is 2.56 bits per heavy atom. The van der Waals surface area contributed by atoms with Crippen LogP contribution in [0.1, 0.15) is 12.0 Å². The Morgan fingerprint density at radius 3 is 3.12 bits per heavy atom. The van der Waals surface area contributed by atoms with Crippen LogP contribution in [0, 0.1) is 0 Å². The summed E-state index contributed by atoms with van der Waals surface area (Å²) in [6, 6.07) is 3.92. The summed E-state index contributed by atoms with van der Waals surface area (Å²) in [6.07, 6.45) is 5.11. The first-order valence-electron chi connectivity index (χ1n) is 4.89. The molecule has 6 heteroatoms. The van der Waals surface area contributed by atoms with E-state index < -0.39 is 0 Å². The predicted octanol–water partition coefficient (Wildman–Crippen LogP) is 0.680. The molecule has 0 spiro atoms. The number of thiocarbonyl (C=S) groups is 1. The molecule has 1 rings (SSSR count). The van der Waals surface area contributed by atoms with Gasteiger partial charge in [0.1, 0.15) is 5.84 Å². The lowest BCUT2D eigenvalue weighted by Crippen LogP contribution is -2.36. The fourth-order valence-corrected chi connectivity index (χ4v) is 1.36. The van der Waals surface area contributed by atoms with Gasteiger partial charge in [-0.05, 0) is 18.1 Å². The molecule has 3 N–H and O–H groups in total. The van der Waals surface area contributed by atoms with Gasteiger partial charge in [-0.25, -0.2) is 5.84 Å². The van der Waals surface area contributed by atoms with Crippen molar-refractivity contribution in [2.24, 2.45) is 10.9 Å². The number of nitrogens with zero attached hydrogens (tertiary/aromatic N) is 3. The topological polar surface area (TPSA) is 66.5 Å². The highest BCUT2D eigenvalue weighted by Crippen LogP contribution is 2.02. The molecule has 0 amide bonds. The van der Waals surface area contributed by atoms with Crippen molar-refractivity contribution >= 4 is 23.5 Å². The summed E-state index contributed by atoms with van der Waals surface area (Å²) >= 11 is 4.75. The Balaban J connectivity index is 2.57. The third-order valence-electron chi connectivity index (χ3n) is 2.01. The highest BCUT2D eigenvalue weighted by molar-refractivity contribution is 7.78. The molecular weight excluding hydrogens is 222 g/mol. The lowest BCUT2D eigenvalue weighted by Gasteiger charge is -2.14. The summed E-state index contributed by atoms with van der Waals surface area (Å²) in [7, 11) is 1.72. The predicted molar refractivity (Wildman–Crippen MR) is 68.7 cm³/mol.